The highest BCUT2D eigenvalue weighted by Crippen LogP contribution is 2.57. The summed E-state index contributed by atoms with van der Waals surface area (Å²) in [6, 6.07) is 2.16. The second-order valence-electron chi connectivity index (χ2n) is 7.03. The first-order valence-electron chi connectivity index (χ1n) is 9.47. The molecule has 138 valence electrons. The minimum Gasteiger partial charge on any atom is -0.372 e. The highest BCUT2D eigenvalue weighted by molar-refractivity contribution is 7.44. The van der Waals surface area contributed by atoms with E-state index in [0.29, 0.717) is 24.9 Å². The molecule has 0 aromatic rings. The van der Waals surface area contributed by atoms with E-state index in [-0.39, 0.29) is 11.7 Å². The molecule has 0 aromatic carbocycles. The van der Waals surface area contributed by atoms with Crippen molar-refractivity contribution in [1.82, 2.24) is 4.67 Å². The number of ether oxygens (including phenoxy) is 1. The summed E-state index contributed by atoms with van der Waals surface area (Å²) in [6.07, 6.45) is 4.76. The van der Waals surface area contributed by atoms with Crippen LogP contribution >= 0.6 is 8.53 Å². The highest BCUT2D eigenvalue weighted by atomic mass is 31.2. The molecule has 2 rings (SSSR count). The van der Waals surface area contributed by atoms with E-state index in [2.05, 4.69) is 38.4 Å². The van der Waals surface area contributed by atoms with Crippen molar-refractivity contribution < 1.29 is 13.8 Å². The molecule has 0 N–H and O–H groups in total. The number of hydrogen-bond acceptors (Lipinski definition) is 5. The van der Waals surface area contributed by atoms with Crippen LogP contribution in [0.15, 0.2) is 0 Å². The van der Waals surface area contributed by atoms with Gasteiger partial charge in [0, 0.05) is 19.0 Å². The van der Waals surface area contributed by atoms with Gasteiger partial charge in [0.15, 0.2) is 0 Å². The third-order valence-electron chi connectivity index (χ3n) is 5.28. The summed E-state index contributed by atoms with van der Waals surface area (Å²) in [5.74, 6) is 1.12. The molecule has 1 unspecified atom stereocenters. The zero-order valence-corrected chi connectivity index (χ0v) is 16.6. The lowest BCUT2D eigenvalue weighted by molar-refractivity contribution is -0.0611. The van der Waals surface area contributed by atoms with Crippen molar-refractivity contribution in [2.75, 3.05) is 26.3 Å². The van der Waals surface area contributed by atoms with Gasteiger partial charge in [-0.1, -0.05) is 27.7 Å². The molecule has 0 aromatic heterocycles. The average Bonchev–Trinajstić information content (AvgIpc) is 3.05. The van der Waals surface area contributed by atoms with E-state index < -0.39 is 8.53 Å². The van der Waals surface area contributed by atoms with Gasteiger partial charge in [-0.2, -0.15) is 5.26 Å². The number of rotatable bonds is 11. The molecule has 1 saturated heterocycles. The largest absolute Gasteiger partial charge is 0.372 e. The van der Waals surface area contributed by atoms with Crippen molar-refractivity contribution in [3.8, 4) is 6.07 Å². The lowest BCUT2D eigenvalue weighted by Crippen LogP contribution is -2.38. The van der Waals surface area contributed by atoms with Crippen LogP contribution in [0.1, 0.15) is 59.8 Å². The van der Waals surface area contributed by atoms with Crippen LogP contribution < -0.4 is 0 Å². The molecular weight excluding hydrogens is 323 g/mol. The molecule has 0 amide bonds. The summed E-state index contributed by atoms with van der Waals surface area (Å²) in [5, 5.41) is 8.82. The summed E-state index contributed by atoms with van der Waals surface area (Å²) in [6.45, 7) is 12.1. The van der Waals surface area contributed by atoms with Crippen molar-refractivity contribution in [2.24, 2.45) is 11.8 Å². The molecule has 1 aliphatic heterocycles. The Balaban J connectivity index is 2.10. The number of hydrogen-bond donors (Lipinski definition) is 0. The van der Waals surface area contributed by atoms with E-state index in [4.69, 9.17) is 19.0 Å². The minimum absolute atomic E-state index is 0.127. The third-order valence-corrected chi connectivity index (χ3v) is 6.95. The molecule has 5 nitrogen and oxygen atoms in total. The third kappa shape index (κ3) is 4.29. The van der Waals surface area contributed by atoms with Crippen molar-refractivity contribution in [1.29, 1.82) is 5.26 Å². The average molecular weight is 356 g/mol. The van der Waals surface area contributed by atoms with E-state index in [0.717, 1.165) is 45.4 Å². The Morgan fingerprint density at radius 2 is 2.00 bits per heavy atom. The quantitative estimate of drug-likeness (QED) is 0.403. The maximum absolute atomic E-state index is 8.82. The second kappa shape index (κ2) is 9.46. The van der Waals surface area contributed by atoms with Gasteiger partial charge in [0.05, 0.1) is 37.4 Å². The first kappa shape index (κ1) is 20.1. The van der Waals surface area contributed by atoms with Crippen molar-refractivity contribution in [2.45, 2.75) is 71.5 Å². The van der Waals surface area contributed by atoms with E-state index in [9.17, 15) is 0 Å². The Hall–Kier alpha value is -0.240. The van der Waals surface area contributed by atoms with Crippen LogP contribution in [0.3, 0.4) is 0 Å². The lowest BCUT2D eigenvalue weighted by Gasteiger charge is -2.35. The molecule has 6 heteroatoms. The van der Waals surface area contributed by atoms with Gasteiger partial charge < -0.3 is 13.8 Å². The second-order valence-corrected chi connectivity index (χ2v) is 8.54. The number of nitrogens with zero attached hydrogens (tertiary/aromatic N) is 2. The molecule has 1 saturated carbocycles. The van der Waals surface area contributed by atoms with Crippen molar-refractivity contribution in [3.63, 3.8) is 0 Å². The van der Waals surface area contributed by atoms with Gasteiger partial charge in [-0.25, -0.2) is 4.67 Å². The van der Waals surface area contributed by atoms with Crippen LogP contribution in [0.25, 0.3) is 0 Å². The zero-order valence-electron chi connectivity index (χ0n) is 15.7. The molecule has 1 heterocycles. The standard InChI is InChI=1S/C18H33N2O3P/c1-5-10-20(11-6-2)24(22-12-8-9-19)23-17-16-14-21-18(17,7-3)13-15(16)4/h15-17H,5-8,10-14H2,1-4H3/t15-,16+,17-,18-,24?/m0/s1. The lowest BCUT2D eigenvalue weighted by atomic mass is 9.96. The zero-order chi connectivity index (χ0) is 17.6. The highest BCUT2D eigenvalue weighted by Gasteiger charge is 2.59. The summed E-state index contributed by atoms with van der Waals surface area (Å²) in [7, 11) is -1.13. The van der Waals surface area contributed by atoms with E-state index in [1.807, 2.05) is 0 Å². The Kier molecular flexibility index (Phi) is 7.91. The molecular formula is C18H33N2O3P. The van der Waals surface area contributed by atoms with Gasteiger partial charge in [-0.15, -0.1) is 0 Å². The molecule has 24 heavy (non-hydrogen) atoms. The molecule has 2 fully saturated rings. The monoisotopic (exact) mass is 356 g/mol. The van der Waals surface area contributed by atoms with Crippen LogP contribution in [0.4, 0.5) is 0 Å². The Bertz CT molecular complexity index is 425. The molecule has 5 atom stereocenters. The first-order valence-corrected chi connectivity index (χ1v) is 10.6. The molecule has 2 aliphatic rings. The van der Waals surface area contributed by atoms with Crippen LogP contribution in [-0.4, -0.2) is 42.7 Å². The molecule has 1 aliphatic carbocycles. The van der Waals surface area contributed by atoms with E-state index in [1.165, 1.54) is 0 Å². The van der Waals surface area contributed by atoms with Gasteiger partial charge in [-0.3, -0.25) is 0 Å². The van der Waals surface area contributed by atoms with Gasteiger partial charge >= 0.3 is 0 Å². The Labute approximate surface area is 148 Å². The van der Waals surface area contributed by atoms with Gasteiger partial charge in [0.25, 0.3) is 8.53 Å². The maximum Gasteiger partial charge on any atom is 0.259 e. The first-order chi connectivity index (χ1) is 11.6. The Morgan fingerprint density at radius 3 is 2.54 bits per heavy atom. The summed E-state index contributed by atoms with van der Waals surface area (Å²) in [5.41, 5.74) is -0.132. The Morgan fingerprint density at radius 1 is 1.29 bits per heavy atom. The van der Waals surface area contributed by atoms with Crippen LogP contribution in [0.5, 0.6) is 0 Å². The summed E-state index contributed by atoms with van der Waals surface area (Å²) in [4.78, 5) is 0. The van der Waals surface area contributed by atoms with Crippen LogP contribution in [0, 0.1) is 23.2 Å². The fourth-order valence-electron chi connectivity index (χ4n) is 4.01. The van der Waals surface area contributed by atoms with Gasteiger partial charge in [0.2, 0.25) is 0 Å². The molecule has 0 radical (unpaired) electrons. The molecule has 0 spiro atoms. The fourth-order valence-corrected chi connectivity index (χ4v) is 5.89. The molecule has 2 bridgehead atoms. The van der Waals surface area contributed by atoms with Gasteiger partial charge in [0.1, 0.15) is 0 Å². The number of fused-ring (bicyclic) bond motifs is 2. The van der Waals surface area contributed by atoms with Crippen molar-refractivity contribution >= 4 is 8.53 Å². The van der Waals surface area contributed by atoms with E-state index >= 15 is 0 Å². The van der Waals surface area contributed by atoms with Crippen LogP contribution in [-0.2, 0) is 13.8 Å². The smallest absolute Gasteiger partial charge is 0.259 e. The SMILES string of the molecule is CCCN(CCC)P(OCCC#N)O[C@H]1[C@@H]2CO[C@@]1(CC)C[C@@H]2C. The fraction of sp³-hybridized carbons (Fsp3) is 0.944. The van der Waals surface area contributed by atoms with Crippen molar-refractivity contribution in [3.05, 3.63) is 0 Å². The van der Waals surface area contributed by atoms with E-state index in [1.54, 1.807) is 0 Å². The topological polar surface area (TPSA) is 54.7 Å². The maximum atomic E-state index is 8.82. The summed E-state index contributed by atoms with van der Waals surface area (Å²) < 4.78 is 21.2. The summed E-state index contributed by atoms with van der Waals surface area (Å²) >= 11 is 0. The normalized spacial score (nSPS) is 33.1. The number of nitriles is 1. The minimum atomic E-state index is -1.13. The van der Waals surface area contributed by atoms with Gasteiger partial charge in [-0.05, 0) is 31.6 Å². The predicted octanol–water partition coefficient (Wildman–Crippen LogP) is 4.49. The van der Waals surface area contributed by atoms with Crippen LogP contribution in [0.2, 0.25) is 0 Å². The predicted molar refractivity (Wildman–Crippen MR) is 96.4 cm³/mol.